The lowest BCUT2D eigenvalue weighted by Gasteiger charge is -2.31. The SMILES string of the molecule is COC(=O)c1ccc(OCC(=O)N2CCC(c3nc4ccccc4s3)CC2)cc1. The molecule has 2 aromatic carbocycles. The number of carbonyl (C=O) groups is 2. The van der Waals surface area contributed by atoms with Gasteiger partial charge in [-0.1, -0.05) is 12.1 Å². The molecule has 0 radical (unpaired) electrons. The summed E-state index contributed by atoms with van der Waals surface area (Å²) in [6.07, 6.45) is 1.83. The lowest BCUT2D eigenvalue weighted by Crippen LogP contribution is -2.40. The number of benzene rings is 2. The Morgan fingerprint density at radius 1 is 1.10 bits per heavy atom. The highest BCUT2D eigenvalue weighted by Gasteiger charge is 2.26. The van der Waals surface area contributed by atoms with E-state index < -0.39 is 5.97 Å². The Bertz CT molecular complexity index is 974. The van der Waals surface area contributed by atoms with Crippen LogP contribution in [0.15, 0.2) is 48.5 Å². The van der Waals surface area contributed by atoms with Crippen LogP contribution in [0, 0.1) is 0 Å². The second kappa shape index (κ2) is 8.61. The molecule has 1 fully saturated rings. The number of methoxy groups -OCH3 is 1. The zero-order valence-corrected chi connectivity index (χ0v) is 17.0. The van der Waals surface area contributed by atoms with Gasteiger partial charge >= 0.3 is 5.97 Å². The number of para-hydroxylation sites is 1. The number of esters is 1. The summed E-state index contributed by atoms with van der Waals surface area (Å²) in [5.74, 6) is 0.534. The first kappa shape index (κ1) is 19.4. The van der Waals surface area contributed by atoms with Crippen molar-refractivity contribution in [1.82, 2.24) is 9.88 Å². The molecular weight excluding hydrogens is 388 g/mol. The lowest BCUT2D eigenvalue weighted by molar-refractivity contribution is -0.134. The molecule has 1 aromatic heterocycles. The van der Waals surface area contributed by atoms with Gasteiger partial charge in [0.2, 0.25) is 0 Å². The fourth-order valence-electron chi connectivity index (χ4n) is 3.48. The predicted octanol–water partition coefficient (Wildman–Crippen LogP) is 3.87. The van der Waals surface area contributed by atoms with Crippen molar-refractivity contribution in [3.05, 3.63) is 59.1 Å². The molecule has 1 aliphatic heterocycles. The van der Waals surface area contributed by atoms with Gasteiger partial charge in [-0.2, -0.15) is 0 Å². The molecule has 3 aromatic rings. The summed E-state index contributed by atoms with van der Waals surface area (Å²) in [5.41, 5.74) is 1.50. The number of likely N-dealkylation sites (tertiary alicyclic amines) is 1. The van der Waals surface area contributed by atoms with Gasteiger partial charge in [-0.3, -0.25) is 4.79 Å². The molecule has 7 heteroatoms. The van der Waals surface area contributed by atoms with E-state index in [2.05, 4.69) is 10.8 Å². The van der Waals surface area contributed by atoms with E-state index in [1.54, 1.807) is 35.6 Å². The maximum Gasteiger partial charge on any atom is 0.337 e. The first-order valence-electron chi connectivity index (χ1n) is 9.58. The summed E-state index contributed by atoms with van der Waals surface area (Å²) in [5, 5.41) is 1.17. The van der Waals surface area contributed by atoms with E-state index in [-0.39, 0.29) is 12.5 Å². The van der Waals surface area contributed by atoms with Crippen molar-refractivity contribution >= 4 is 33.4 Å². The standard InChI is InChI=1S/C22H22N2O4S/c1-27-22(26)16-6-8-17(9-7-16)28-14-20(25)24-12-10-15(11-13-24)21-23-18-4-2-3-5-19(18)29-21/h2-9,15H,10-14H2,1H3. The molecule has 0 unspecified atom stereocenters. The van der Waals surface area contributed by atoms with Crippen LogP contribution >= 0.6 is 11.3 Å². The molecule has 1 amide bonds. The van der Waals surface area contributed by atoms with Gasteiger partial charge in [-0.05, 0) is 49.2 Å². The smallest absolute Gasteiger partial charge is 0.337 e. The van der Waals surface area contributed by atoms with E-state index in [1.807, 2.05) is 23.1 Å². The topological polar surface area (TPSA) is 68.7 Å². The second-order valence-corrected chi connectivity index (χ2v) is 8.04. The second-order valence-electron chi connectivity index (χ2n) is 6.98. The van der Waals surface area contributed by atoms with E-state index in [4.69, 9.17) is 9.72 Å². The van der Waals surface area contributed by atoms with Gasteiger partial charge in [0.1, 0.15) is 5.75 Å². The van der Waals surface area contributed by atoms with Crippen LogP contribution in [0.4, 0.5) is 0 Å². The van der Waals surface area contributed by atoms with Gasteiger partial charge in [0.05, 0.1) is 27.9 Å². The Balaban J connectivity index is 1.28. The molecule has 4 rings (SSSR count). The van der Waals surface area contributed by atoms with E-state index in [1.165, 1.54) is 16.8 Å². The Morgan fingerprint density at radius 3 is 2.52 bits per heavy atom. The van der Waals surface area contributed by atoms with Crippen LogP contribution in [0.3, 0.4) is 0 Å². The van der Waals surface area contributed by atoms with Crippen LogP contribution in [-0.4, -0.2) is 48.6 Å². The molecule has 0 spiro atoms. The van der Waals surface area contributed by atoms with Gasteiger partial charge in [0.15, 0.2) is 6.61 Å². The Kier molecular flexibility index (Phi) is 5.76. The molecule has 1 aliphatic rings. The van der Waals surface area contributed by atoms with Crippen molar-refractivity contribution in [3.63, 3.8) is 0 Å². The molecule has 6 nitrogen and oxygen atoms in total. The summed E-state index contributed by atoms with van der Waals surface area (Å²) < 4.78 is 11.5. The van der Waals surface area contributed by atoms with Crippen LogP contribution in [0.1, 0.15) is 34.1 Å². The largest absolute Gasteiger partial charge is 0.484 e. The average Bonchev–Trinajstić information content (AvgIpc) is 3.22. The molecule has 2 heterocycles. The van der Waals surface area contributed by atoms with Crippen LogP contribution < -0.4 is 4.74 Å². The fourth-order valence-corrected chi connectivity index (χ4v) is 4.62. The molecule has 1 saturated heterocycles. The number of ether oxygens (including phenoxy) is 2. The number of fused-ring (bicyclic) bond motifs is 1. The van der Waals surface area contributed by atoms with Crippen LogP contribution in [0.5, 0.6) is 5.75 Å². The van der Waals surface area contributed by atoms with Gasteiger partial charge in [0.25, 0.3) is 5.91 Å². The quantitative estimate of drug-likeness (QED) is 0.598. The number of thiazole rings is 1. The first-order chi connectivity index (χ1) is 14.1. The minimum absolute atomic E-state index is 0.0105. The summed E-state index contributed by atoms with van der Waals surface area (Å²) in [4.78, 5) is 30.6. The summed E-state index contributed by atoms with van der Waals surface area (Å²) in [6, 6.07) is 14.8. The molecular formula is C22H22N2O4S. The van der Waals surface area contributed by atoms with E-state index in [9.17, 15) is 9.59 Å². The minimum Gasteiger partial charge on any atom is -0.484 e. The van der Waals surface area contributed by atoms with Crippen molar-refractivity contribution in [2.45, 2.75) is 18.8 Å². The van der Waals surface area contributed by atoms with Gasteiger partial charge in [-0.25, -0.2) is 9.78 Å². The van der Waals surface area contributed by atoms with Crippen LogP contribution in [-0.2, 0) is 9.53 Å². The molecule has 0 N–H and O–H groups in total. The normalized spacial score (nSPS) is 14.7. The predicted molar refractivity (Wildman–Crippen MR) is 111 cm³/mol. The highest BCUT2D eigenvalue weighted by atomic mass is 32.1. The first-order valence-corrected chi connectivity index (χ1v) is 10.4. The highest BCUT2D eigenvalue weighted by Crippen LogP contribution is 2.33. The molecule has 29 heavy (non-hydrogen) atoms. The summed E-state index contributed by atoms with van der Waals surface area (Å²) in [6.45, 7) is 1.41. The van der Waals surface area contributed by atoms with Crippen molar-refractivity contribution in [3.8, 4) is 5.75 Å². The molecule has 0 aliphatic carbocycles. The van der Waals surface area contributed by atoms with Gasteiger partial charge < -0.3 is 14.4 Å². The Hall–Kier alpha value is -2.93. The minimum atomic E-state index is -0.399. The number of nitrogens with zero attached hydrogens (tertiary/aromatic N) is 2. The van der Waals surface area contributed by atoms with E-state index in [0.717, 1.165) is 18.4 Å². The zero-order chi connectivity index (χ0) is 20.2. The number of amides is 1. The zero-order valence-electron chi connectivity index (χ0n) is 16.2. The van der Waals surface area contributed by atoms with Gasteiger partial charge in [0, 0.05) is 19.0 Å². The van der Waals surface area contributed by atoms with Crippen molar-refractivity contribution in [2.24, 2.45) is 0 Å². The summed E-state index contributed by atoms with van der Waals surface area (Å²) in [7, 11) is 1.34. The fraction of sp³-hybridized carbons (Fsp3) is 0.318. The van der Waals surface area contributed by atoms with E-state index in [0.29, 0.717) is 30.3 Å². The maximum absolute atomic E-state index is 12.5. The highest BCUT2D eigenvalue weighted by molar-refractivity contribution is 7.18. The number of hydrogen-bond donors (Lipinski definition) is 0. The van der Waals surface area contributed by atoms with Crippen LogP contribution in [0.2, 0.25) is 0 Å². The van der Waals surface area contributed by atoms with E-state index >= 15 is 0 Å². The Labute approximate surface area is 173 Å². The number of carbonyl (C=O) groups excluding carboxylic acids is 2. The molecule has 0 bridgehead atoms. The van der Waals surface area contributed by atoms with Gasteiger partial charge in [-0.15, -0.1) is 11.3 Å². The third-order valence-electron chi connectivity index (χ3n) is 5.15. The number of hydrogen-bond acceptors (Lipinski definition) is 6. The number of aromatic nitrogens is 1. The maximum atomic E-state index is 12.5. The third-order valence-corrected chi connectivity index (χ3v) is 6.34. The van der Waals surface area contributed by atoms with Crippen LogP contribution in [0.25, 0.3) is 10.2 Å². The van der Waals surface area contributed by atoms with Crippen molar-refractivity contribution in [1.29, 1.82) is 0 Å². The number of rotatable bonds is 5. The average molecular weight is 410 g/mol. The molecule has 150 valence electrons. The molecule has 0 saturated carbocycles. The van der Waals surface area contributed by atoms with Crippen molar-refractivity contribution < 1.29 is 19.1 Å². The molecule has 0 atom stereocenters. The number of piperidine rings is 1. The third kappa shape index (κ3) is 4.40. The monoisotopic (exact) mass is 410 g/mol. The summed E-state index contributed by atoms with van der Waals surface area (Å²) >= 11 is 1.75. The lowest BCUT2D eigenvalue weighted by atomic mass is 9.97. The van der Waals surface area contributed by atoms with Crippen molar-refractivity contribution in [2.75, 3.05) is 26.8 Å². The Morgan fingerprint density at radius 2 is 1.83 bits per heavy atom.